The van der Waals surface area contributed by atoms with Crippen molar-refractivity contribution in [3.63, 3.8) is 0 Å². The summed E-state index contributed by atoms with van der Waals surface area (Å²) in [6.07, 6.45) is 1.55. The molecule has 0 spiro atoms. The molecule has 0 bridgehead atoms. The van der Waals surface area contributed by atoms with Crippen LogP contribution in [0.5, 0.6) is 0 Å². The second-order valence-electron chi connectivity index (χ2n) is 4.31. The molecule has 0 amide bonds. The molecule has 0 radical (unpaired) electrons. The predicted octanol–water partition coefficient (Wildman–Crippen LogP) is 4.25. The standard InChI is InChI=1S/C15H11BrO/c16-13-3-1-2-10(9-13)11-4-6-14-12(8-11)5-7-15(14)17/h1-4,6,8-9H,5,7H2. The minimum absolute atomic E-state index is 0.279. The van der Waals surface area contributed by atoms with Gasteiger partial charge in [0, 0.05) is 16.5 Å². The quantitative estimate of drug-likeness (QED) is 0.766. The van der Waals surface area contributed by atoms with Crippen molar-refractivity contribution < 1.29 is 4.79 Å². The van der Waals surface area contributed by atoms with Crippen molar-refractivity contribution in [3.05, 3.63) is 58.1 Å². The predicted molar refractivity (Wildman–Crippen MR) is 72.2 cm³/mol. The monoisotopic (exact) mass is 286 g/mol. The molecule has 0 aliphatic heterocycles. The molecule has 0 saturated carbocycles. The van der Waals surface area contributed by atoms with Gasteiger partial charge in [-0.25, -0.2) is 0 Å². The number of hydrogen-bond donors (Lipinski definition) is 0. The van der Waals surface area contributed by atoms with E-state index in [2.05, 4.69) is 34.1 Å². The Morgan fingerprint density at radius 2 is 1.76 bits per heavy atom. The van der Waals surface area contributed by atoms with Gasteiger partial charge in [0.25, 0.3) is 0 Å². The maximum absolute atomic E-state index is 11.6. The molecule has 0 fully saturated rings. The van der Waals surface area contributed by atoms with Crippen molar-refractivity contribution in [2.24, 2.45) is 0 Å². The van der Waals surface area contributed by atoms with Gasteiger partial charge in [0.15, 0.2) is 5.78 Å². The van der Waals surface area contributed by atoms with E-state index < -0.39 is 0 Å². The fraction of sp³-hybridized carbons (Fsp3) is 0.133. The lowest BCUT2D eigenvalue weighted by Crippen LogP contribution is -1.90. The molecule has 1 aliphatic rings. The van der Waals surface area contributed by atoms with Gasteiger partial charge < -0.3 is 0 Å². The number of benzene rings is 2. The summed E-state index contributed by atoms with van der Waals surface area (Å²) in [6.45, 7) is 0. The van der Waals surface area contributed by atoms with Gasteiger partial charge in [0.1, 0.15) is 0 Å². The van der Waals surface area contributed by atoms with Crippen LogP contribution in [-0.4, -0.2) is 5.78 Å². The fourth-order valence-corrected chi connectivity index (χ4v) is 2.70. The summed E-state index contributed by atoms with van der Waals surface area (Å²) in [6, 6.07) is 14.4. The van der Waals surface area contributed by atoms with E-state index in [-0.39, 0.29) is 5.78 Å². The summed E-state index contributed by atoms with van der Waals surface area (Å²) < 4.78 is 1.08. The number of Topliss-reactive ketones (excluding diaryl/α,β-unsaturated/α-hetero) is 1. The molecular weight excluding hydrogens is 276 g/mol. The second-order valence-corrected chi connectivity index (χ2v) is 5.22. The summed E-state index contributed by atoms with van der Waals surface area (Å²) in [7, 11) is 0. The first-order valence-electron chi connectivity index (χ1n) is 5.66. The minimum Gasteiger partial charge on any atom is -0.294 e. The number of halogens is 1. The summed E-state index contributed by atoms with van der Waals surface area (Å²) in [4.78, 5) is 11.6. The van der Waals surface area contributed by atoms with Crippen LogP contribution in [0.3, 0.4) is 0 Å². The van der Waals surface area contributed by atoms with E-state index in [4.69, 9.17) is 0 Å². The van der Waals surface area contributed by atoms with Crippen LogP contribution in [0.15, 0.2) is 46.9 Å². The van der Waals surface area contributed by atoms with Gasteiger partial charge in [-0.05, 0) is 35.2 Å². The molecule has 2 aromatic rings. The molecule has 0 atom stereocenters. The van der Waals surface area contributed by atoms with Crippen LogP contribution in [-0.2, 0) is 6.42 Å². The van der Waals surface area contributed by atoms with Crippen LogP contribution >= 0.6 is 15.9 Å². The van der Waals surface area contributed by atoms with E-state index in [1.807, 2.05) is 24.3 Å². The Labute approximate surface area is 109 Å². The maximum atomic E-state index is 11.6. The Balaban J connectivity index is 2.09. The Kier molecular flexibility index (Phi) is 2.60. The number of ketones is 1. The Morgan fingerprint density at radius 1 is 0.941 bits per heavy atom. The van der Waals surface area contributed by atoms with E-state index in [9.17, 15) is 4.79 Å². The molecule has 0 saturated heterocycles. The van der Waals surface area contributed by atoms with Crippen LogP contribution in [0.4, 0.5) is 0 Å². The molecule has 1 aliphatic carbocycles. The van der Waals surface area contributed by atoms with Crippen LogP contribution in [0.25, 0.3) is 11.1 Å². The minimum atomic E-state index is 0.279. The molecule has 84 valence electrons. The van der Waals surface area contributed by atoms with Crippen molar-refractivity contribution >= 4 is 21.7 Å². The van der Waals surface area contributed by atoms with Crippen molar-refractivity contribution in [3.8, 4) is 11.1 Å². The van der Waals surface area contributed by atoms with Gasteiger partial charge in [-0.3, -0.25) is 4.79 Å². The molecular formula is C15H11BrO. The third kappa shape index (κ3) is 1.93. The highest BCUT2D eigenvalue weighted by molar-refractivity contribution is 9.10. The number of rotatable bonds is 1. The van der Waals surface area contributed by atoms with Gasteiger partial charge in [0.05, 0.1) is 0 Å². The molecule has 0 unspecified atom stereocenters. The normalized spacial score (nSPS) is 13.8. The average molecular weight is 287 g/mol. The van der Waals surface area contributed by atoms with Crippen LogP contribution in [0.1, 0.15) is 22.3 Å². The van der Waals surface area contributed by atoms with Gasteiger partial charge in [-0.15, -0.1) is 0 Å². The fourth-order valence-electron chi connectivity index (χ4n) is 2.30. The molecule has 3 rings (SSSR count). The van der Waals surface area contributed by atoms with Crippen LogP contribution in [0.2, 0.25) is 0 Å². The first-order chi connectivity index (χ1) is 8.24. The topological polar surface area (TPSA) is 17.1 Å². The highest BCUT2D eigenvalue weighted by Crippen LogP contribution is 2.29. The largest absolute Gasteiger partial charge is 0.294 e. The van der Waals surface area contributed by atoms with Gasteiger partial charge >= 0.3 is 0 Å². The molecule has 17 heavy (non-hydrogen) atoms. The number of carbonyl (C=O) groups excluding carboxylic acids is 1. The third-order valence-corrected chi connectivity index (χ3v) is 3.68. The molecule has 0 N–H and O–H groups in total. The molecule has 0 heterocycles. The first kappa shape index (κ1) is 10.7. The number of fused-ring (bicyclic) bond motifs is 1. The van der Waals surface area contributed by atoms with E-state index in [0.29, 0.717) is 6.42 Å². The smallest absolute Gasteiger partial charge is 0.163 e. The van der Waals surface area contributed by atoms with Gasteiger partial charge in [-0.1, -0.05) is 46.3 Å². The Bertz CT molecular complexity index is 602. The van der Waals surface area contributed by atoms with Gasteiger partial charge in [0.2, 0.25) is 0 Å². The third-order valence-electron chi connectivity index (χ3n) is 3.19. The maximum Gasteiger partial charge on any atom is 0.163 e. The highest BCUT2D eigenvalue weighted by Gasteiger charge is 2.19. The Morgan fingerprint density at radius 3 is 2.59 bits per heavy atom. The van der Waals surface area contributed by atoms with Crippen molar-refractivity contribution in [1.29, 1.82) is 0 Å². The van der Waals surface area contributed by atoms with Gasteiger partial charge in [-0.2, -0.15) is 0 Å². The van der Waals surface area contributed by atoms with Crippen molar-refractivity contribution in [1.82, 2.24) is 0 Å². The Hall–Kier alpha value is -1.41. The summed E-state index contributed by atoms with van der Waals surface area (Å²) in [5.41, 5.74) is 4.46. The zero-order chi connectivity index (χ0) is 11.8. The lowest BCUT2D eigenvalue weighted by atomic mass is 10.0. The summed E-state index contributed by atoms with van der Waals surface area (Å²) in [5, 5.41) is 0. The number of carbonyl (C=O) groups is 1. The number of aryl methyl sites for hydroxylation is 1. The lowest BCUT2D eigenvalue weighted by Gasteiger charge is -2.05. The average Bonchev–Trinajstić information content (AvgIpc) is 2.71. The van der Waals surface area contributed by atoms with E-state index in [1.54, 1.807) is 0 Å². The van der Waals surface area contributed by atoms with Crippen LogP contribution < -0.4 is 0 Å². The van der Waals surface area contributed by atoms with Crippen molar-refractivity contribution in [2.45, 2.75) is 12.8 Å². The summed E-state index contributed by atoms with van der Waals surface area (Å²) >= 11 is 3.48. The second kappa shape index (κ2) is 4.11. The highest BCUT2D eigenvalue weighted by atomic mass is 79.9. The zero-order valence-electron chi connectivity index (χ0n) is 9.24. The van der Waals surface area contributed by atoms with Crippen molar-refractivity contribution in [2.75, 3.05) is 0 Å². The van der Waals surface area contributed by atoms with E-state index in [0.717, 1.165) is 16.5 Å². The SMILES string of the molecule is O=C1CCc2cc(-c3cccc(Br)c3)ccc21. The lowest BCUT2D eigenvalue weighted by molar-refractivity contribution is 0.0994. The number of hydrogen-bond acceptors (Lipinski definition) is 1. The molecule has 0 aromatic heterocycles. The first-order valence-corrected chi connectivity index (χ1v) is 6.45. The molecule has 1 nitrogen and oxygen atoms in total. The molecule has 2 aromatic carbocycles. The zero-order valence-corrected chi connectivity index (χ0v) is 10.8. The summed E-state index contributed by atoms with van der Waals surface area (Å²) in [5.74, 6) is 0.279. The van der Waals surface area contributed by atoms with E-state index >= 15 is 0 Å². The van der Waals surface area contributed by atoms with Crippen LogP contribution in [0, 0.1) is 0 Å². The molecule has 2 heteroatoms. The van der Waals surface area contributed by atoms with E-state index in [1.165, 1.54) is 16.7 Å².